The van der Waals surface area contributed by atoms with Crippen LogP contribution in [0.15, 0.2) is 70.1 Å². The summed E-state index contributed by atoms with van der Waals surface area (Å²) in [6, 6.07) is 11.1. The molecule has 0 saturated heterocycles. The number of fused-ring (bicyclic) bond motifs is 2. The Labute approximate surface area is 252 Å². The lowest BCUT2D eigenvalue weighted by atomic mass is 10.2. The Balaban J connectivity index is 1.57. The highest BCUT2D eigenvalue weighted by molar-refractivity contribution is 8.03. The normalized spacial score (nSPS) is 15.6. The summed E-state index contributed by atoms with van der Waals surface area (Å²) in [5.41, 5.74) is 2.71. The highest BCUT2D eigenvalue weighted by Crippen LogP contribution is 2.47. The van der Waals surface area contributed by atoms with Gasteiger partial charge in [0, 0.05) is 40.0 Å². The molecule has 0 aliphatic carbocycles. The summed E-state index contributed by atoms with van der Waals surface area (Å²) in [6.07, 6.45) is 8.31. The van der Waals surface area contributed by atoms with Gasteiger partial charge in [-0.05, 0) is 49.8 Å². The number of halogens is 2. The van der Waals surface area contributed by atoms with Crippen molar-refractivity contribution in [1.82, 2.24) is 0 Å². The van der Waals surface area contributed by atoms with Crippen molar-refractivity contribution in [1.29, 1.82) is 0 Å². The van der Waals surface area contributed by atoms with Crippen LogP contribution in [0.1, 0.15) is 24.8 Å². The topological polar surface area (TPSA) is 116 Å². The number of anilines is 1. The van der Waals surface area contributed by atoms with E-state index in [-0.39, 0.29) is 24.3 Å². The largest absolute Gasteiger partial charge is 0.335 e. The van der Waals surface area contributed by atoms with E-state index >= 15 is 0 Å². The molecule has 2 aromatic carbocycles. The molecular formula is C26H27Cl2N2O6S4+. The molecule has 4 rings (SSSR count). The summed E-state index contributed by atoms with van der Waals surface area (Å²) in [5, 5.41) is 2.95. The number of benzene rings is 2. The van der Waals surface area contributed by atoms with Crippen LogP contribution in [0.5, 0.6) is 0 Å². The van der Waals surface area contributed by atoms with E-state index in [1.165, 1.54) is 0 Å². The zero-order valence-electron chi connectivity index (χ0n) is 21.3. The first kappa shape index (κ1) is 31.0. The van der Waals surface area contributed by atoms with E-state index in [2.05, 4.69) is 0 Å². The van der Waals surface area contributed by atoms with Crippen molar-refractivity contribution in [3.05, 3.63) is 80.3 Å². The van der Waals surface area contributed by atoms with Gasteiger partial charge in [-0.25, -0.2) is 0 Å². The quantitative estimate of drug-likeness (QED) is 0.137. The average molecular weight is 663 g/mol. The maximum atomic E-state index is 11.2. The number of aryl methyl sites for hydroxylation is 1. The zero-order valence-corrected chi connectivity index (χ0v) is 26.1. The first-order valence-corrected chi connectivity index (χ1v) is 17.7. The van der Waals surface area contributed by atoms with Crippen LogP contribution in [-0.4, -0.2) is 44.0 Å². The van der Waals surface area contributed by atoms with Gasteiger partial charge in [0.15, 0.2) is 6.54 Å². The van der Waals surface area contributed by atoms with Crippen LogP contribution < -0.4 is 9.47 Å². The molecule has 2 heterocycles. The van der Waals surface area contributed by atoms with Crippen molar-refractivity contribution in [3.8, 4) is 0 Å². The van der Waals surface area contributed by atoms with Gasteiger partial charge in [0.2, 0.25) is 5.52 Å². The van der Waals surface area contributed by atoms with Gasteiger partial charge in [-0.2, -0.15) is 21.4 Å². The van der Waals surface area contributed by atoms with E-state index in [1.807, 2.05) is 65.0 Å². The smallest absolute Gasteiger partial charge is 0.265 e. The Morgan fingerprint density at radius 2 is 1.68 bits per heavy atom. The van der Waals surface area contributed by atoms with Crippen LogP contribution in [0.4, 0.5) is 5.69 Å². The number of aromatic nitrogens is 1. The summed E-state index contributed by atoms with van der Waals surface area (Å²) >= 11 is 15.5. The van der Waals surface area contributed by atoms with Crippen molar-refractivity contribution >= 4 is 88.5 Å². The first-order chi connectivity index (χ1) is 18.8. The van der Waals surface area contributed by atoms with Crippen molar-refractivity contribution in [2.24, 2.45) is 0 Å². The fraction of sp³-hybridized carbons (Fsp3) is 0.269. The van der Waals surface area contributed by atoms with Gasteiger partial charge in [-0.3, -0.25) is 9.11 Å². The molecule has 214 valence electrons. The Hall–Kier alpha value is -1.90. The fourth-order valence-electron chi connectivity index (χ4n) is 4.13. The van der Waals surface area contributed by atoms with Gasteiger partial charge in [-0.15, -0.1) is 0 Å². The van der Waals surface area contributed by atoms with Gasteiger partial charge in [-0.1, -0.05) is 64.0 Å². The number of thiazole rings is 1. The van der Waals surface area contributed by atoms with Crippen LogP contribution in [-0.2, 0) is 26.8 Å². The fourth-order valence-corrected chi connectivity index (χ4v) is 7.59. The van der Waals surface area contributed by atoms with E-state index in [0.29, 0.717) is 23.1 Å². The molecule has 0 amide bonds. The summed E-state index contributed by atoms with van der Waals surface area (Å²) in [7, 11) is -8.12. The molecule has 0 saturated carbocycles. The Morgan fingerprint density at radius 1 is 1.00 bits per heavy atom. The number of rotatable bonds is 11. The molecule has 1 aliphatic rings. The second-order valence-electron chi connectivity index (χ2n) is 9.10. The van der Waals surface area contributed by atoms with E-state index in [9.17, 15) is 16.8 Å². The van der Waals surface area contributed by atoms with Gasteiger partial charge in [0.1, 0.15) is 4.70 Å². The SMILES string of the molecule is CC(/C=C/c1sc2ccc(Cl)cc2[n+]1CCCS(=O)(=O)O)=C\C=C1/Sc2ccc(Cl)cc2N1CCCS(=O)(=O)O. The van der Waals surface area contributed by atoms with Crippen LogP contribution in [0.2, 0.25) is 10.0 Å². The van der Waals surface area contributed by atoms with E-state index in [4.69, 9.17) is 32.3 Å². The van der Waals surface area contributed by atoms with Crippen molar-refractivity contribution < 1.29 is 30.5 Å². The lowest BCUT2D eigenvalue weighted by molar-refractivity contribution is -0.668. The standard InChI is InChI=1S/C26H26Cl2N2O6S4/c1-18(4-10-25-29(12-2-14-39(31,32)33)21-16-19(27)6-8-23(21)37-25)5-11-26-30(13-3-15-40(34,35)36)22-17-20(28)7-9-24(22)38-26/h4-11,16-17H,2-3,12-15H2,1H3,(H-,31,32,33,34,35,36)/p+1. The molecule has 0 spiro atoms. The summed E-state index contributed by atoms with van der Waals surface area (Å²) in [4.78, 5) is 2.99. The third-order valence-electron chi connectivity index (χ3n) is 5.93. The molecule has 1 aromatic heterocycles. The van der Waals surface area contributed by atoms with E-state index < -0.39 is 20.2 Å². The molecule has 1 aliphatic heterocycles. The molecule has 14 heteroatoms. The lowest BCUT2D eigenvalue weighted by Crippen LogP contribution is -2.36. The molecule has 2 N–H and O–H groups in total. The van der Waals surface area contributed by atoms with E-state index in [1.54, 1.807) is 35.2 Å². The van der Waals surface area contributed by atoms with Crippen molar-refractivity contribution in [2.45, 2.75) is 31.2 Å². The molecule has 0 atom stereocenters. The second-order valence-corrected chi connectivity index (χ2v) is 15.2. The van der Waals surface area contributed by atoms with Crippen LogP contribution >= 0.6 is 46.3 Å². The van der Waals surface area contributed by atoms with Crippen LogP contribution in [0, 0.1) is 0 Å². The maximum absolute atomic E-state index is 11.2. The lowest BCUT2D eigenvalue weighted by Gasteiger charge is -2.20. The second kappa shape index (κ2) is 13.0. The highest BCUT2D eigenvalue weighted by Gasteiger charge is 2.25. The monoisotopic (exact) mass is 661 g/mol. The minimum atomic E-state index is -4.06. The zero-order chi connectivity index (χ0) is 29.1. The first-order valence-electron chi connectivity index (χ1n) is 12.1. The van der Waals surface area contributed by atoms with E-state index in [0.717, 1.165) is 36.4 Å². The third-order valence-corrected chi connectivity index (χ3v) is 10.3. The molecular weight excluding hydrogens is 635 g/mol. The number of nitrogens with zero attached hydrogens (tertiary/aromatic N) is 2. The minimum Gasteiger partial charge on any atom is -0.335 e. The van der Waals surface area contributed by atoms with Crippen LogP contribution in [0.25, 0.3) is 16.3 Å². The minimum absolute atomic E-state index is 0.249. The number of hydrogen-bond acceptors (Lipinski definition) is 7. The molecule has 8 nitrogen and oxygen atoms in total. The number of allylic oxidation sites excluding steroid dienone is 4. The predicted octanol–water partition coefficient (Wildman–Crippen LogP) is 6.46. The third kappa shape index (κ3) is 8.56. The number of hydrogen-bond donors (Lipinski definition) is 2. The Morgan fingerprint density at radius 3 is 2.40 bits per heavy atom. The van der Waals surface area contributed by atoms with Crippen molar-refractivity contribution in [2.75, 3.05) is 23.0 Å². The molecule has 40 heavy (non-hydrogen) atoms. The highest BCUT2D eigenvalue weighted by atomic mass is 35.5. The summed E-state index contributed by atoms with van der Waals surface area (Å²) in [5.74, 6) is -0.668. The number of thioether (sulfide) groups is 1. The maximum Gasteiger partial charge on any atom is 0.265 e. The molecule has 0 unspecified atom stereocenters. The Kier molecular flexibility index (Phi) is 10.1. The van der Waals surface area contributed by atoms with Gasteiger partial charge in [0.05, 0.1) is 22.2 Å². The average Bonchev–Trinajstić information content (AvgIpc) is 3.37. The molecule has 3 aromatic rings. The molecule has 0 fully saturated rings. The van der Waals surface area contributed by atoms with Crippen molar-refractivity contribution in [3.63, 3.8) is 0 Å². The van der Waals surface area contributed by atoms with Gasteiger partial charge >= 0.3 is 0 Å². The predicted molar refractivity (Wildman–Crippen MR) is 165 cm³/mol. The van der Waals surface area contributed by atoms with Crippen LogP contribution in [0.3, 0.4) is 0 Å². The summed E-state index contributed by atoms with van der Waals surface area (Å²) < 4.78 is 66.2. The molecule has 0 bridgehead atoms. The molecule has 0 radical (unpaired) electrons. The van der Waals surface area contributed by atoms with Gasteiger partial charge < -0.3 is 4.90 Å². The van der Waals surface area contributed by atoms with Gasteiger partial charge in [0.25, 0.3) is 25.2 Å². The summed E-state index contributed by atoms with van der Waals surface area (Å²) in [6.45, 7) is 2.73. The Bertz CT molecular complexity index is 1730.